The quantitative estimate of drug-likeness (QED) is 0.853. The summed E-state index contributed by atoms with van der Waals surface area (Å²) in [5.74, 6) is 0.990. The van der Waals surface area contributed by atoms with E-state index in [0.717, 1.165) is 18.8 Å². The maximum Gasteiger partial charge on any atom is 0.123 e. The summed E-state index contributed by atoms with van der Waals surface area (Å²) in [6.07, 6.45) is 0. The van der Waals surface area contributed by atoms with Crippen molar-refractivity contribution in [3.05, 3.63) is 64.2 Å². The van der Waals surface area contributed by atoms with Crippen molar-refractivity contribution in [2.45, 2.75) is 40.8 Å². The number of ether oxygens (including phenoxy) is 1. The Labute approximate surface area is 128 Å². The van der Waals surface area contributed by atoms with Crippen molar-refractivity contribution in [3.63, 3.8) is 0 Å². The van der Waals surface area contributed by atoms with Crippen molar-refractivity contribution in [2.24, 2.45) is 0 Å². The van der Waals surface area contributed by atoms with Gasteiger partial charge in [-0.2, -0.15) is 0 Å². The van der Waals surface area contributed by atoms with Gasteiger partial charge in [0.1, 0.15) is 12.4 Å². The SMILES string of the molecule is CCNCc1ccc(COc2cc(C)cc(C)c2C)cc1. The molecule has 2 aromatic rings. The molecule has 112 valence electrons. The van der Waals surface area contributed by atoms with Gasteiger partial charge in [-0.15, -0.1) is 0 Å². The fraction of sp³-hybridized carbons (Fsp3) is 0.368. The van der Waals surface area contributed by atoms with Gasteiger partial charge in [-0.1, -0.05) is 37.3 Å². The minimum Gasteiger partial charge on any atom is -0.489 e. The third-order valence-electron chi connectivity index (χ3n) is 3.76. The molecule has 0 saturated heterocycles. The molecule has 0 aliphatic carbocycles. The summed E-state index contributed by atoms with van der Waals surface area (Å²) in [7, 11) is 0. The van der Waals surface area contributed by atoms with Gasteiger partial charge in [0.25, 0.3) is 0 Å². The molecule has 0 aliphatic heterocycles. The maximum absolute atomic E-state index is 5.99. The zero-order valence-electron chi connectivity index (χ0n) is 13.5. The van der Waals surface area contributed by atoms with Crippen LogP contribution in [0.25, 0.3) is 0 Å². The molecular formula is C19H25NO. The second-order valence-corrected chi connectivity index (χ2v) is 5.59. The first-order valence-corrected chi connectivity index (χ1v) is 7.59. The summed E-state index contributed by atoms with van der Waals surface area (Å²) >= 11 is 0. The van der Waals surface area contributed by atoms with E-state index in [9.17, 15) is 0 Å². The summed E-state index contributed by atoms with van der Waals surface area (Å²) < 4.78 is 5.99. The van der Waals surface area contributed by atoms with Crippen molar-refractivity contribution in [2.75, 3.05) is 6.54 Å². The molecule has 0 unspecified atom stereocenters. The van der Waals surface area contributed by atoms with Gasteiger partial charge in [0.05, 0.1) is 0 Å². The fourth-order valence-corrected chi connectivity index (χ4v) is 2.33. The van der Waals surface area contributed by atoms with E-state index in [1.165, 1.54) is 27.8 Å². The molecular weight excluding hydrogens is 258 g/mol. The van der Waals surface area contributed by atoms with Crippen molar-refractivity contribution in [1.82, 2.24) is 5.32 Å². The Bertz CT molecular complexity index is 587. The lowest BCUT2D eigenvalue weighted by molar-refractivity contribution is 0.303. The Morgan fingerprint density at radius 1 is 0.952 bits per heavy atom. The third-order valence-corrected chi connectivity index (χ3v) is 3.76. The van der Waals surface area contributed by atoms with Crippen LogP contribution in [0.15, 0.2) is 36.4 Å². The summed E-state index contributed by atoms with van der Waals surface area (Å²) in [4.78, 5) is 0. The number of aryl methyl sites for hydroxylation is 2. The van der Waals surface area contributed by atoms with Gasteiger partial charge < -0.3 is 10.1 Å². The van der Waals surface area contributed by atoms with Gasteiger partial charge >= 0.3 is 0 Å². The molecule has 21 heavy (non-hydrogen) atoms. The molecule has 2 nitrogen and oxygen atoms in total. The van der Waals surface area contributed by atoms with Crippen LogP contribution in [0.4, 0.5) is 0 Å². The smallest absolute Gasteiger partial charge is 0.123 e. The first-order chi connectivity index (χ1) is 10.1. The van der Waals surface area contributed by atoms with E-state index in [4.69, 9.17) is 4.74 Å². The average molecular weight is 283 g/mol. The molecule has 0 aromatic heterocycles. The number of nitrogens with one attached hydrogen (secondary N) is 1. The van der Waals surface area contributed by atoms with Gasteiger partial charge in [-0.3, -0.25) is 0 Å². The predicted octanol–water partition coefficient (Wildman–Crippen LogP) is 4.30. The molecule has 0 bridgehead atoms. The van der Waals surface area contributed by atoms with Gasteiger partial charge in [0.15, 0.2) is 0 Å². The van der Waals surface area contributed by atoms with Gasteiger partial charge in [-0.05, 0) is 61.2 Å². The zero-order valence-corrected chi connectivity index (χ0v) is 13.5. The second kappa shape index (κ2) is 7.28. The lowest BCUT2D eigenvalue weighted by atomic mass is 10.1. The lowest BCUT2D eigenvalue weighted by Crippen LogP contribution is -2.11. The maximum atomic E-state index is 5.99. The highest BCUT2D eigenvalue weighted by Gasteiger charge is 2.04. The molecule has 0 spiro atoms. The van der Waals surface area contributed by atoms with Crippen molar-refractivity contribution in [1.29, 1.82) is 0 Å². The highest BCUT2D eigenvalue weighted by atomic mass is 16.5. The van der Waals surface area contributed by atoms with Gasteiger partial charge in [0.2, 0.25) is 0 Å². The Hall–Kier alpha value is -1.80. The van der Waals surface area contributed by atoms with Gasteiger partial charge in [-0.25, -0.2) is 0 Å². The Kier molecular flexibility index (Phi) is 5.40. The Morgan fingerprint density at radius 2 is 1.62 bits per heavy atom. The molecule has 0 saturated carbocycles. The largest absolute Gasteiger partial charge is 0.489 e. The predicted molar refractivity (Wildman–Crippen MR) is 88.8 cm³/mol. The highest BCUT2D eigenvalue weighted by Crippen LogP contribution is 2.24. The molecule has 2 heteroatoms. The molecule has 2 aromatic carbocycles. The minimum absolute atomic E-state index is 0.616. The normalized spacial score (nSPS) is 10.7. The topological polar surface area (TPSA) is 21.3 Å². The van der Waals surface area contributed by atoms with Crippen LogP contribution < -0.4 is 10.1 Å². The van der Waals surface area contributed by atoms with E-state index in [2.05, 4.69) is 69.4 Å². The second-order valence-electron chi connectivity index (χ2n) is 5.59. The third kappa shape index (κ3) is 4.33. The number of benzene rings is 2. The number of rotatable bonds is 6. The van der Waals surface area contributed by atoms with Crippen molar-refractivity contribution >= 4 is 0 Å². The first kappa shape index (κ1) is 15.6. The number of hydrogen-bond donors (Lipinski definition) is 1. The van der Waals surface area contributed by atoms with E-state index >= 15 is 0 Å². The molecule has 0 amide bonds. The van der Waals surface area contributed by atoms with Crippen LogP contribution in [0.2, 0.25) is 0 Å². The van der Waals surface area contributed by atoms with Crippen LogP contribution in [-0.4, -0.2) is 6.54 Å². The first-order valence-electron chi connectivity index (χ1n) is 7.59. The van der Waals surface area contributed by atoms with Crippen LogP contribution in [0.1, 0.15) is 34.7 Å². The molecule has 0 fully saturated rings. The zero-order chi connectivity index (χ0) is 15.2. The lowest BCUT2D eigenvalue weighted by Gasteiger charge is -2.13. The van der Waals surface area contributed by atoms with Crippen LogP contribution >= 0.6 is 0 Å². The van der Waals surface area contributed by atoms with E-state index in [1.807, 2.05) is 0 Å². The van der Waals surface area contributed by atoms with E-state index < -0.39 is 0 Å². The Morgan fingerprint density at radius 3 is 2.29 bits per heavy atom. The molecule has 0 heterocycles. The Balaban J connectivity index is 2.00. The average Bonchev–Trinajstić information content (AvgIpc) is 2.48. The van der Waals surface area contributed by atoms with Crippen LogP contribution in [0.5, 0.6) is 5.75 Å². The van der Waals surface area contributed by atoms with Crippen LogP contribution in [0, 0.1) is 20.8 Å². The van der Waals surface area contributed by atoms with E-state index in [1.54, 1.807) is 0 Å². The van der Waals surface area contributed by atoms with Crippen molar-refractivity contribution < 1.29 is 4.74 Å². The highest BCUT2D eigenvalue weighted by molar-refractivity contribution is 5.42. The van der Waals surface area contributed by atoms with E-state index in [0.29, 0.717) is 6.61 Å². The van der Waals surface area contributed by atoms with Crippen LogP contribution in [0.3, 0.4) is 0 Å². The minimum atomic E-state index is 0.616. The molecule has 1 N–H and O–H groups in total. The summed E-state index contributed by atoms with van der Waals surface area (Å²) in [5.41, 5.74) is 6.27. The molecule has 0 aliphatic rings. The standard InChI is InChI=1S/C19H25NO/c1-5-20-12-17-6-8-18(9-7-17)13-21-19-11-14(2)10-15(3)16(19)4/h6-11,20H,5,12-13H2,1-4H3. The monoisotopic (exact) mass is 283 g/mol. The molecule has 0 atom stereocenters. The van der Waals surface area contributed by atoms with Crippen molar-refractivity contribution in [3.8, 4) is 5.75 Å². The van der Waals surface area contributed by atoms with Crippen LogP contribution in [-0.2, 0) is 13.2 Å². The fourth-order valence-electron chi connectivity index (χ4n) is 2.33. The van der Waals surface area contributed by atoms with Gasteiger partial charge in [0, 0.05) is 6.54 Å². The summed E-state index contributed by atoms with van der Waals surface area (Å²) in [6.45, 7) is 11.0. The summed E-state index contributed by atoms with van der Waals surface area (Å²) in [5, 5.41) is 3.33. The van der Waals surface area contributed by atoms with E-state index in [-0.39, 0.29) is 0 Å². The molecule has 0 radical (unpaired) electrons. The number of hydrogen-bond acceptors (Lipinski definition) is 2. The molecule has 2 rings (SSSR count). The summed E-state index contributed by atoms with van der Waals surface area (Å²) in [6, 6.07) is 12.9.